The first-order valence-corrected chi connectivity index (χ1v) is 8.76. The fraction of sp³-hybridized carbons (Fsp3) is 0.875. The average molecular weight is 309 g/mol. The number of urea groups is 1. The average Bonchev–Trinajstić information content (AvgIpc) is 2.34. The van der Waals surface area contributed by atoms with Crippen molar-refractivity contribution in [1.29, 1.82) is 0 Å². The van der Waals surface area contributed by atoms with E-state index in [0.29, 0.717) is 11.4 Å². The minimum absolute atomic E-state index is 0.0277. The predicted molar refractivity (Wildman–Crippen MR) is 88.1 cm³/mol. The molecule has 4 nitrogen and oxygen atoms in total. The molecule has 4 bridgehead atoms. The highest BCUT2D eigenvalue weighted by atomic mass is 32.1. The maximum atomic E-state index is 12.4. The topological polar surface area (TPSA) is 67.1 Å². The predicted octanol–water partition coefficient (Wildman–Crippen LogP) is 2.71. The Balaban J connectivity index is 1.58. The second-order valence-electron chi connectivity index (χ2n) is 7.57. The molecule has 4 rings (SSSR count). The van der Waals surface area contributed by atoms with Crippen molar-refractivity contribution in [3.8, 4) is 0 Å². The van der Waals surface area contributed by atoms with Gasteiger partial charge in [0.1, 0.15) is 0 Å². The summed E-state index contributed by atoms with van der Waals surface area (Å²) in [6.07, 6.45) is 9.14. The number of amides is 2. The van der Waals surface area contributed by atoms with Crippen molar-refractivity contribution in [2.45, 2.75) is 69.9 Å². The molecule has 0 radical (unpaired) electrons. The molecule has 1 atom stereocenters. The van der Waals surface area contributed by atoms with Gasteiger partial charge in [-0.15, -0.1) is 0 Å². The zero-order chi connectivity index (χ0) is 15.0. The van der Waals surface area contributed by atoms with Crippen LogP contribution in [0.25, 0.3) is 0 Å². The summed E-state index contributed by atoms with van der Waals surface area (Å²) >= 11 is 4.95. The van der Waals surface area contributed by atoms with Crippen LogP contribution < -0.4 is 16.4 Å². The van der Waals surface area contributed by atoms with E-state index in [-0.39, 0.29) is 17.6 Å². The Morgan fingerprint density at radius 2 is 1.76 bits per heavy atom. The highest BCUT2D eigenvalue weighted by Gasteiger charge is 2.51. The van der Waals surface area contributed by atoms with Crippen molar-refractivity contribution in [3.63, 3.8) is 0 Å². The summed E-state index contributed by atoms with van der Waals surface area (Å²) in [6.45, 7) is 2.05. The van der Waals surface area contributed by atoms with Gasteiger partial charge in [0.2, 0.25) is 0 Å². The van der Waals surface area contributed by atoms with Gasteiger partial charge in [-0.3, -0.25) is 0 Å². The highest BCUT2D eigenvalue weighted by Crippen LogP contribution is 2.55. The van der Waals surface area contributed by atoms with Crippen LogP contribution >= 0.6 is 12.2 Å². The van der Waals surface area contributed by atoms with Gasteiger partial charge in [-0.2, -0.15) is 0 Å². The number of carbonyl (C=O) groups is 1. The fourth-order valence-electron chi connectivity index (χ4n) is 5.27. The Morgan fingerprint density at radius 3 is 2.19 bits per heavy atom. The largest absolute Gasteiger partial charge is 0.393 e. The number of thiocarbonyl (C=S) groups is 1. The van der Waals surface area contributed by atoms with E-state index in [1.54, 1.807) is 0 Å². The number of carbonyl (C=O) groups excluding carboxylic acids is 1. The smallest absolute Gasteiger partial charge is 0.315 e. The molecular formula is C16H27N3OS. The molecule has 5 heteroatoms. The Labute approximate surface area is 132 Å². The number of hydrogen-bond acceptors (Lipinski definition) is 2. The molecule has 118 valence electrons. The van der Waals surface area contributed by atoms with E-state index in [9.17, 15) is 4.79 Å². The van der Waals surface area contributed by atoms with Crippen LogP contribution in [0, 0.1) is 17.8 Å². The molecule has 0 aliphatic heterocycles. The van der Waals surface area contributed by atoms with Gasteiger partial charge < -0.3 is 16.4 Å². The van der Waals surface area contributed by atoms with Crippen molar-refractivity contribution in [2.75, 3.05) is 0 Å². The van der Waals surface area contributed by atoms with Crippen LogP contribution in [0.1, 0.15) is 58.3 Å². The van der Waals surface area contributed by atoms with E-state index in [2.05, 4.69) is 10.6 Å². The van der Waals surface area contributed by atoms with Crippen LogP contribution in [-0.2, 0) is 0 Å². The Hall–Kier alpha value is -0.840. The summed E-state index contributed by atoms with van der Waals surface area (Å²) in [5, 5.41) is 6.38. The standard InChI is InChI=1S/C16H27N3OS/c1-2-13(6-14(17)21)18-15(20)19-16-7-10-3-11(8-16)5-12(4-10)9-16/h10-13H,2-9H2,1H3,(H2,17,21)(H2,18,19,20). The number of nitrogens with one attached hydrogen (secondary N) is 2. The maximum absolute atomic E-state index is 12.4. The van der Waals surface area contributed by atoms with Crippen molar-refractivity contribution in [1.82, 2.24) is 10.6 Å². The number of nitrogens with two attached hydrogens (primary N) is 1. The molecule has 4 aliphatic carbocycles. The zero-order valence-corrected chi connectivity index (χ0v) is 13.7. The van der Waals surface area contributed by atoms with Gasteiger partial charge in [-0.05, 0) is 62.7 Å². The fourth-order valence-corrected chi connectivity index (χ4v) is 5.47. The molecule has 0 aromatic rings. The lowest BCUT2D eigenvalue weighted by Gasteiger charge is -2.56. The molecule has 4 fully saturated rings. The first kappa shape index (κ1) is 15.1. The number of rotatable bonds is 5. The van der Waals surface area contributed by atoms with Crippen molar-refractivity contribution in [2.24, 2.45) is 23.5 Å². The quantitative estimate of drug-likeness (QED) is 0.684. The van der Waals surface area contributed by atoms with Crippen LogP contribution in [0.3, 0.4) is 0 Å². The van der Waals surface area contributed by atoms with Gasteiger partial charge in [0.25, 0.3) is 0 Å². The van der Waals surface area contributed by atoms with Crippen LogP contribution in [0.2, 0.25) is 0 Å². The highest BCUT2D eigenvalue weighted by molar-refractivity contribution is 7.80. The van der Waals surface area contributed by atoms with E-state index < -0.39 is 0 Å². The van der Waals surface area contributed by atoms with E-state index in [1.807, 2.05) is 6.92 Å². The third-order valence-electron chi connectivity index (χ3n) is 5.69. The molecule has 21 heavy (non-hydrogen) atoms. The molecule has 0 saturated heterocycles. The van der Waals surface area contributed by atoms with Gasteiger partial charge in [0, 0.05) is 18.0 Å². The monoisotopic (exact) mass is 309 g/mol. The van der Waals surface area contributed by atoms with Gasteiger partial charge in [0.15, 0.2) is 0 Å². The molecule has 1 unspecified atom stereocenters. The molecule has 4 saturated carbocycles. The summed E-state index contributed by atoms with van der Waals surface area (Å²) < 4.78 is 0. The molecular weight excluding hydrogens is 282 g/mol. The van der Waals surface area contributed by atoms with Gasteiger partial charge >= 0.3 is 6.03 Å². The zero-order valence-electron chi connectivity index (χ0n) is 12.9. The molecule has 0 heterocycles. The molecule has 2 amide bonds. The normalized spacial score (nSPS) is 38.0. The van der Waals surface area contributed by atoms with Crippen LogP contribution in [0.4, 0.5) is 4.79 Å². The van der Waals surface area contributed by atoms with Crippen LogP contribution in [0.15, 0.2) is 0 Å². The van der Waals surface area contributed by atoms with E-state index in [0.717, 1.165) is 24.2 Å². The maximum Gasteiger partial charge on any atom is 0.315 e. The minimum atomic E-state index is -0.0277. The lowest BCUT2D eigenvalue weighted by molar-refractivity contribution is -0.0136. The van der Waals surface area contributed by atoms with Crippen molar-refractivity contribution >= 4 is 23.2 Å². The van der Waals surface area contributed by atoms with Gasteiger partial charge in [0.05, 0.1) is 4.99 Å². The summed E-state index contributed by atoms with van der Waals surface area (Å²) in [6, 6.07) is 0.0245. The lowest BCUT2D eigenvalue weighted by Crippen LogP contribution is -2.62. The van der Waals surface area contributed by atoms with Gasteiger partial charge in [-0.25, -0.2) is 4.79 Å². The van der Waals surface area contributed by atoms with E-state index in [4.69, 9.17) is 18.0 Å². The minimum Gasteiger partial charge on any atom is -0.393 e. The van der Waals surface area contributed by atoms with Crippen LogP contribution in [0.5, 0.6) is 0 Å². The van der Waals surface area contributed by atoms with Crippen molar-refractivity contribution in [3.05, 3.63) is 0 Å². The first-order valence-electron chi connectivity index (χ1n) is 8.35. The Kier molecular flexibility index (Phi) is 4.12. The second kappa shape index (κ2) is 5.75. The summed E-state index contributed by atoms with van der Waals surface area (Å²) in [5.41, 5.74) is 5.66. The van der Waals surface area contributed by atoms with E-state index >= 15 is 0 Å². The second-order valence-corrected chi connectivity index (χ2v) is 8.10. The van der Waals surface area contributed by atoms with E-state index in [1.165, 1.54) is 38.5 Å². The molecule has 0 aromatic carbocycles. The SMILES string of the molecule is CCC(CC(N)=S)NC(=O)NC12CC3CC(CC(C3)C1)C2. The third-order valence-corrected chi connectivity index (χ3v) is 5.86. The van der Waals surface area contributed by atoms with Crippen LogP contribution in [-0.4, -0.2) is 22.6 Å². The lowest BCUT2D eigenvalue weighted by atomic mass is 9.53. The molecule has 4 aliphatic rings. The summed E-state index contributed by atoms with van der Waals surface area (Å²) in [5.74, 6) is 2.53. The first-order chi connectivity index (χ1) is 9.98. The molecule has 4 N–H and O–H groups in total. The van der Waals surface area contributed by atoms with Gasteiger partial charge in [-0.1, -0.05) is 19.1 Å². The third kappa shape index (κ3) is 3.33. The Bertz CT molecular complexity index is 402. The molecule has 0 aromatic heterocycles. The van der Waals surface area contributed by atoms with Crippen molar-refractivity contribution < 1.29 is 4.79 Å². The summed E-state index contributed by atoms with van der Waals surface area (Å²) in [4.78, 5) is 12.8. The summed E-state index contributed by atoms with van der Waals surface area (Å²) in [7, 11) is 0. The molecule has 0 spiro atoms. The Morgan fingerprint density at radius 1 is 1.24 bits per heavy atom. The number of hydrogen-bond donors (Lipinski definition) is 3.